The van der Waals surface area contributed by atoms with Gasteiger partial charge in [0, 0.05) is 37.6 Å². The van der Waals surface area contributed by atoms with Gasteiger partial charge in [-0.25, -0.2) is 0 Å². The van der Waals surface area contributed by atoms with E-state index in [4.69, 9.17) is 0 Å². The van der Waals surface area contributed by atoms with Crippen molar-refractivity contribution in [2.75, 3.05) is 18.0 Å². The van der Waals surface area contributed by atoms with Crippen molar-refractivity contribution in [3.8, 4) is 0 Å². The number of aromatic nitrogens is 2. The van der Waals surface area contributed by atoms with Crippen molar-refractivity contribution >= 4 is 17.1 Å². The molecular weight excluding hydrogens is 371 g/mol. The van der Waals surface area contributed by atoms with Crippen LogP contribution >= 0.6 is 0 Å². The summed E-state index contributed by atoms with van der Waals surface area (Å²) in [5.74, 6) is 0. The lowest BCUT2D eigenvalue weighted by Gasteiger charge is -2.33. The van der Waals surface area contributed by atoms with E-state index in [9.17, 15) is 33.4 Å². The molecule has 1 fully saturated rings. The summed E-state index contributed by atoms with van der Waals surface area (Å²) < 4.78 is 40.7. The molecule has 144 valence electrons. The average Bonchev–Trinajstić information content (AvgIpc) is 3.14. The standard InChI is InChI=1S/C15H14F3N5O4/c16-15(17,18)10-8-12(22(24)25)14(13(9-10)23(26)27)20-6-2-11(3-7-20)21-5-1-4-19-21/h1,4-5,8-9,11H,2-3,6-7H2. The number of piperidine rings is 1. The first-order valence-electron chi connectivity index (χ1n) is 7.96. The normalized spacial score (nSPS) is 15.7. The van der Waals surface area contributed by atoms with Crippen molar-refractivity contribution in [2.24, 2.45) is 0 Å². The Kier molecular flexibility index (Phi) is 4.72. The van der Waals surface area contributed by atoms with E-state index in [0.717, 1.165) is 0 Å². The molecule has 0 bridgehead atoms. The zero-order chi connectivity index (χ0) is 19.8. The van der Waals surface area contributed by atoms with Gasteiger partial charge in [0.25, 0.3) is 11.4 Å². The van der Waals surface area contributed by atoms with Gasteiger partial charge in [-0.2, -0.15) is 18.3 Å². The predicted molar refractivity (Wildman–Crippen MR) is 87.5 cm³/mol. The van der Waals surface area contributed by atoms with Crippen molar-refractivity contribution in [2.45, 2.75) is 25.1 Å². The maximum atomic E-state index is 13.0. The smallest absolute Gasteiger partial charge is 0.360 e. The zero-order valence-electron chi connectivity index (χ0n) is 13.8. The third kappa shape index (κ3) is 3.68. The molecule has 0 amide bonds. The molecule has 0 saturated carbocycles. The van der Waals surface area contributed by atoms with Crippen LogP contribution in [0.3, 0.4) is 0 Å². The van der Waals surface area contributed by atoms with E-state index in [1.54, 1.807) is 23.1 Å². The number of benzene rings is 1. The van der Waals surface area contributed by atoms with Gasteiger partial charge in [-0.05, 0) is 18.9 Å². The molecule has 1 aliphatic heterocycles. The summed E-state index contributed by atoms with van der Waals surface area (Å²) in [7, 11) is 0. The fourth-order valence-corrected chi connectivity index (χ4v) is 3.22. The highest BCUT2D eigenvalue weighted by atomic mass is 19.4. The second-order valence-electron chi connectivity index (χ2n) is 6.08. The van der Waals surface area contributed by atoms with Gasteiger partial charge in [-0.15, -0.1) is 0 Å². The van der Waals surface area contributed by atoms with Crippen molar-refractivity contribution < 1.29 is 23.0 Å². The quantitative estimate of drug-likeness (QED) is 0.588. The Morgan fingerprint density at radius 3 is 2.04 bits per heavy atom. The molecule has 1 aliphatic rings. The molecule has 0 radical (unpaired) electrons. The minimum absolute atomic E-state index is 0.0174. The van der Waals surface area contributed by atoms with Gasteiger partial charge in [-0.3, -0.25) is 24.9 Å². The van der Waals surface area contributed by atoms with E-state index in [1.807, 2.05) is 0 Å². The average molecular weight is 385 g/mol. The Hall–Kier alpha value is -3.18. The van der Waals surface area contributed by atoms with E-state index in [0.29, 0.717) is 25.0 Å². The lowest BCUT2D eigenvalue weighted by atomic mass is 10.0. The second-order valence-corrected chi connectivity index (χ2v) is 6.08. The summed E-state index contributed by atoms with van der Waals surface area (Å²) in [6, 6.07) is 2.46. The largest absolute Gasteiger partial charge is 0.416 e. The molecule has 2 heterocycles. The Morgan fingerprint density at radius 1 is 1.07 bits per heavy atom. The number of rotatable bonds is 4. The monoisotopic (exact) mass is 385 g/mol. The van der Waals surface area contributed by atoms with Crippen LogP contribution in [0.4, 0.5) is 30.2 Å². The molecule has 2 aromatic rings. The number of halogens is 3. The Balaban J connectivity index is 1.99. The number of nitro benzene ring substituents is 2. The van der Waals surface area contributed by atoms with Gasteiger partial charge in [0.15, 0.2) is 5.69 Å². The van der Waals surface area contributed by atoms with Crippen LogP contribution < -0.4 is 4.90 Å². The molecule has 0 aliphatic carbocycles. The maximum absolute atomic E-state index is 13.0. The molecular formula is C15H14F3N5O4. The summed E-state index contributed by atoms with van der Waals surface area (Å²) in [6.07, 6.45) is -0.559. The first-order chi connectivity index (χ1) is 12.7. The summed E-state index contributed by atoms with van der Waals surface area (Å²) in [4.78, 5) is 22.1. The topological polar surface area (TPSA) is 107 Å². The molecule has 3 rings (SSSR count). The first kappa shape index (κ1) is 18.6. The van der Waals surface area contributed by atoms with E-state index in [-0.39, 0.29) is 19.1 Å². The summed E-state index contributed by atoms with van der Waals surface area (Å²) in [5.41, 5.74) is -3.66. The van der Waals surface area contributed by atoms with Crippen molar-refractivity contribution in [1.29, 1.82) is 0 Å². The van der Waals surface area contributed by atoms with Gasteiger partial charge in [0.05, 0.1) is 21.5 Å². The molecule has 1 aromatic heterocycles. The minimum atomic E-state index is -4.93. The highest BCUT2D eigenvalue weighted by Gasteiger charge is 2.39. The van der Waals surface area contributed by atoms with Crippen molar-refractivity contribution in [1.82, 2.24) is 9.78 Å². The van der Waals surface area contributed by atoms with Crippen LogP contribution in [0.5, 0.6) is 0 Å². The van der Waals surface area contributed by atoms with Gasteiger partial charge >= 0.3 is 6.18 Å². The third-order valence-corrected chi connectivity index (χ3v) is 4.47. The highest BCUT2D eigenvalue weighted by Crippen LogP contribution is 2.44. The molecule has 1 aromatic carbocycles. The van der Waals surface area contributed by atoms with E-state index in [1.165, 1.54) is 4.90 Å². The number of hydrogen-bond acceptors (Lipinski definition) is 6. The van der Waals surface area contributed by atoms with Crippen molar-refractivity contribution in [3.63, 3.8) is 0 Å². The number of nitro groups is 2. The number of hydrogen-bond donors (Lipinski definition) is 0. The number of alkyl halides is 3. The van der Waals surface area contributed by atoms with Crippen molar-refractivity contribution in [3.05, 3.63) is 56.4 Å². The summed E-state index contributed by atoms with van der Waals surface area (Å²) in [6.45, 7) is 0.440. The lowest BCUT2D eigenvalue weighted by Crippen LogP contribution is -2.35. The summed E-state index contributed by atoms with van der Waals surface area (Å²) in [5, 5.41) is 26.8. The van der Waals surface area contributed by atoms with Crippen LogP contribution in [0.25, 0.3) is 0 Å². The molecule has 0 atom stereocenters. The van der Waals surface area contributed by atoms with E-state index in [2.05, 4.69) is 5.10 Å². The van der Waals surface area contributed by atoms with Crippen LogP contribution in [-0.2, 0) is 6.18 Å². The lowest BCUT2D eigenvalue weighted by molar-refractivity contribution is -0.393. The Labute approximate surface area is 150 Å². The molecule has 0 unspecified atom stereocenters. The van der Waals surface area contributed by atoms with Gasteiger partial charge in [0.2, 0.25) is 0 Å². The van der Waals surface area contributed by atoms with E-state index >= 15 is 0 Å². The molecule has 27 heavy (non-hydrogen) atoms. The molecule has 0 spiro atoms. The van der Waals surface area contributed by atoms with Gasteiger partial charge in [0.1, 0.15) is 0 Å². The fourth-order valence-electron chi connectivity index (χ4n) is 3.22. The molecule has 0 N–H and O–H groups in total. The van der Waals surface area contributed by atoms with Crippen LogP contribution in [-0.4, -0.2) is 32.7 Å². The maximum Gasteiger partial charge on any atom is 0.416 e. The fraction of sp³-hybridized carbons (Fsp3) is 0.400. The van der Waals surface area contributed by atoms with Gasteiger partial charge < -0.3 is 4.90 Å². The third-order valence-electron chi connectivity index (χ3n) is 4.47. The first-order valence-corrected chi connectivity index (χ1v) is 7.96. The number of anilines is 1. The summed E-state index contributed by atoms with van der Waals surface area (Å²) >= 11 is 0. The highest BCUT2D eigenvalue weighted by molar-refractivity contribution is 5.76. The predicted octanol–water partition coefficient (Wildman–Crippen LogP) is 3.56. The van der Waals surface area contributed by atoms with Gasteiger partial charge in [-0.1, -0.05) is 0 Å². The Bertz CT molecular complexity index is 826. The van der Waals surface area contributed by atoms with Crippen LogP contribution in [0.2, 0.25) is 0 Å². The van der Waals surface area contributed by atoms with E-state index < -0.39 is 38.6 Å². The minimum Gasteiger partial charge on any atom is -0.360 e. The number of nitrogens with zero attached hydrogens (tertiary/aromatic N) is 5. The second kappa shape index (κ2) is 6.85. The molecule has 12 heteroatoms. The molecule has 1 saturated heterocycles. The van der Waals surface area contributed by atoms with Crippen LogP contribution in [0.15, 0.2) is 30.6 Å². The van der Waals surface area contributed by atoms with Crippen LogP contribution in [0, 0.1) is 20.2 Å². The molecule has 9 nitrogen and oxygen atoms in total. The Morgan fingerprint density at radius 2 is 1.63 bits per heavy atom. The zero-order valence-corrected chi connectivity index (χ0v) is 13.8. The van der Waals surface area contributed by atoms with Crippen LogP contribution in [0.1, 0.15) is 24.4 Å². The SMILES string of the molecule is O=[N+]([O-])c1cc(C(F)(F)F)cc([N+](=O)[O-])c1N1CCC(n2cccn2)CC1.